The van der Waals surface area contributed by atoms with Crippen molar-refractivity contribution < 1.29 is 14.9 Å². The van der Waals surface area contributed by atoms with E-state index in [1.54, 1.807) is 0 Å². The summed E-state index contributed by atoms with van der Waals surface area (Å²) in [6.07, 6.45) is 0.0797. The minimum atomic E-state index is -1.16. The second-order valence-corrected chi connectivity index (χ2v) is 5.03. The number of hydrogen-bond donors (Lipinski definition) is 3. The van der Waals surface area contributed by atoms with Gasteiger partial charge in [-0.25, -0.2) is 4.79 Å². The Morgan fingerprint density at radius 3 is 2.71 bits per heavy atom. The van der Waals surface area contributed by atoms with Gasteiger partial charge >= 0.3 is 5.69 Å². The third kappa shape index (κ3) is 2.67. The van der Waals surface area contributed by atoms with E-state index in [0.29, 0.717) is 13.1 Å². The topological polar surface area (TPSA) is 114 Å². The summed E-state index contributed by atoms with van der Waals surface area (Å²) < 4.78 is 7.20. The van der Waals surface area contributed by atoms with Crippen molar-refractivity contribution in [1.29, 1.82) is 0 Å². The van der Waals surface area contributed by atoms with Crippen molar-refractivity contribution in [1.82, 2.24) is 14.5 Å². The number of aliphatic hydroxyl groups is 2. The number of hydrogen-bond acceptors (Lipinski definition) is 7. The molecule has 3 atom stereocenters. The zero-order valence-corrected chi connectivity index (χ0v) is 12.3. The van der Waals surface area contributed by atoms with Gasteiger partial charge in [0.25, 0.3) is 0 Å². The number of nitrogens with two attached hydrogens (primary N) is 1. The number of ether oxygens (including phenoxy) is 1. The Balaban J connectivity index is 2.54. The third-order valence-electron chi connectivity index (χ3n) is 3.88. The second-order valence-electron chi connectivity index (χ2n) is 5.03. The van der Waals surface area contributed by atoms with E-state index in [2.05, 4.69) is 4.98 Å². The lowest BCUT2D eigenvalue weighted by Crippen LogP contribution is -2.55. The molecule has 118 valence electrons. The number of anilines is 1. The first-order chi connectivity index (χ1) is 9.98. The molecule has 0 unspecified atom stereocenters. The lowest BCUT2D eigenvalue weighted by atomic mass is 10.1. The average Bonchev–Trinajstić information content (AvgIpc) is 2.77. The molecule has 1 aliphatic rings. The minimum absolute atomic E-state index is 0.128. The lowest BCUT2D eigenvalue weighted by Gasteiger charge is -2.40. The van der Waals surface area contributed by atoms with Gasteiger partial charge in [0.05, 0.1) is 12.7 Å². The van der Waals surface area contributed by atoms with Crippen molar-refractivity contribution in [2.24, 2.45) is 0 Å². The fourth-order valence-corrected chi connectivity index (χ4v) is 2.84. The smallest absolute Gasteiger partial charge is 0.352 e. The molecule has 1 aromatic heterocycles. The molecule has 0 aliphatic carbocycles. The van der Waals surface area contributed by atoms with E-state index >= 15 is 0 Å². The van der Waals surface area contributed by atoms with Crippen molar-refractivity contribution in [3.63, 3.8) is 0 Å². The van der Waals surface area contributed by atoms with Gasteiger partial charge in [-0.2, -0.15) is 4.98 Å². The van der Waals surface area contributed by atoms with Crippen molar-refractivity contribution in [3.8, 4) is 0 Å². The van der Waals surface area contributed by atoms with E-state index in [4.69, 9.17) is 10.5 Å². The number of aliphatic hydroxyl groups excluding tert-OH is 2. The summed E-state index contributed by atoms with van der Waals surface area (Å²) in [6, 6.07) is 1.51. The molecule has 1 fully saturated rings. The maximum Gasteiger partial charge on any atom is 0.352 e. The largest absolute Gasteiger partial charge is 0.394 e. The van der Waals surface area contributed by atoms with E-state index in [9.17, 15) is 15.0 Å². The Hall–Kier alpha value is -1.48. The highest BCUT2D eigenvalue weighted by Crippen LogP contribution is 2.37. The molecule has 0 aromatic carbocycles. The molecular formula is C13H22N4O4. The summed E-state index contributed by atoms with van der Waals surface area (Å²) in [5.74, 6) is -1.03. The minimum Gasteiger partial charge on any atom is -0.394 e. The molecule has 0 saturated carbocycles. The summed E-state index contributed by atoms with van der Waals surface area (Å²) in [4.78, 5) is 17.8. The molecule has 8 nitrogen and oxygen atoms in total. The van der Waals surface area contributed by atoms with E-state index in [1.165, 1.54) is 16.8 Å². The SMILES string of the molecule is CCN(CC)[C@]1(n2ccc(N)nc2=O)C[C@H](O)[C@@H](CO)O1. The summed E-state index contributed by atoms with van der Waals surface area (Å²) in [7, 11) is 0. The highest BCUT2D eigenvalue weighted by atomic mass is 16.6. The van der Waals surface area contributed by atoms with Crippen molar-refractivity contribution in [3.05, 3.63) is 22.7 Å². The van der Waals surface area contributed by atoms with Crippen LogP contribution in [0.5, 0.6) is 0 Å². The molecule has 4 N–H and O–H groups in total. The van der Waals surface area contributed by atoms with Gasteiger partial charge in [-0.1, -0.05) is 13.8 Å². The standard InChI is InChI=1S/C13H22N4O4/c1-3-16(4-2)13(7-9(19)10(8-18)21-13)17-6-5-11(14)15-12(17)20/h5-6,9-10,18-19H,3-4,7-8H2,1-2H3,(H2,14,15,20)/t9-,10+,13-/m0/s1. The van der Waals surface area contributed by atoms with Crippen molar-refractivity contribution >= 4 is 5.82 Å². The molecule has 2 rings (SSSR count). The Kier molecular flexibility index (Phi) is 4.62. The van der Waals surface area contributed by atoms with Gasteiger partial charge in [-0.3, -0.25) is 9.47 Å². The van der Waals surface area contributed by atoms with E-state index < -0.39 is 23.7 Å². The zero-order chi connectivity index (χ0) is 15.6. The van der Waals surface area contributed by atoms with E-state index in [0.717, 1.165) is 0 Å². The Labute approximate surface area is 122 Å². The van der Waals surface area contributed by atoms with Crippen LogP contribution in [0.2, 0.25) is 0 Å². The highest BCUT2D eigenvalue weighted by molar-refractivity contribution is 5.24. The first kappa shape index (κ1) is 15.9. The summed E-state index contributed by atoms with van der Waals surface area (Å²) in [5.41, 5.74) is 4.97. The van der Waals surface area contributed by atoms with Crippen LogP contribution in [0.4, 0.5) is 5.82 Å². The number of aromatic nitrogens is 2. The molecule has 1 aromatic rings. The Bertz CT molecular complexity index is 545. The van der Waals surface area contributed by atoms with Gasteiger partial charge in [0.1, 0.15) is 11.9 Å². The second kappa shape index (κ2) is 6.10. The van der Waals surface area contributed by atoms with E-state index in [-0.39, 0.29) is 18.8 Å². The van der Waals surface area contributed by atoms with Gasteiger partial charge in [-0.05, 0) is 19.2 Å². The summed E-state index contributed by atoms with van der Waals surface area (Å²) in [6.45, 7) is 4.77. The highest BCUT2D eigenvalue weighted by Gasteiger charge is 2.51. The number of nitrogen functional groups attached to an aromatic ring is 1. The normalized spacial score (nSPS) is 29.2. The maximum absolute atomic E-state index is 12.2. The van der Waals surface area contributed by atoms with Crippen LogP contribution in [0.25, 0.3) is 0 Å². The third-order valence-corrected chi connectivity index (χ3v) is 3.88. The average molecular weight is 298 g/mol. The molecular weight excluding hydrogens is 276 g/mol. The monoisotopic (exact) mass is 298 g/mol. The summed E-state index contributed by atoms with van der Waals surface area (Å²) in [5, 5.41) is 19.4. The van der Waals surface area contributed by atoms with Crippen molar-refractivity contribution in [2.45, 2.75) is 38.3 Å². The molecule has 21 heavy (non-hydrogen) atoms. The fraction of sp³-hybridized carbons (Fsp3) is 0.692. The van der Waals surface area contributed by atoms with Gasteiger partial charge in [-0.15, -0.1) is 0 Å². The van der Waals surface area contributed by atoms with Gasteiger partial charge < -0.3 is 20.7 Å². The lowest BCUT2D eigenvalue weighted by molar-refractivity contribution is -0.211. The van der Waals surface area contributed by atoms with Crippen LogP contribution in [-0.4, -0.2) is 56.6 Å². The van der Waals surface area contributed by atoms with Gasteiger partial charge in [0.15, 0.2) is 0 Å². The van der Waals surface area contributed by atoms with Gasteiger partial charge in [0, 0.05) is 12.6 Å². The van der Waals surface area contributed by atoms with Gasteiger partial charge in [0.2, 0.25) is 5.85 Å². The van der Waals surface area contributed by atoms with Crippen LogP contribution < -0.4 is 11.4 Å². The molecule has 2 heterocycles. The predicted octanol–water partition coefficient (Wildman–Crippen LogP) is -1.08. The van der Waals surface area contributed by atoms with Crippen molar-refractivity contribution in [2.75, 3.05) is 25.4 Å². The first-order valence-electron chi connectivity index (χ1n) is 7.06. The number of nitrogens with zero attached hydrogens (tertiary/aromatic N) is 3. The molecule has 0 radical (unpaired) electrons. The van der Waals surface area contributed by atoms with Crippen LogP contribution in [-0.2, 0) is 10.6 Å². The van der Waals surface area contributed by atoms with Crippen LogP contribution in [0.3, 0.4) is 0 Å². The first-order valence-corrected chi connectivity index (χ1v) is 7.06. The Morgan fingerprint density at radius 2 is 2.24 bits per heavy atom. The van der Waals surface area contributed by atoms with Crippen LogP contribution in [0.1, 0.15) is 20.3 Å². The van der Waals surface area contributed by atoms with Crippen LogP contribution in [0.15, 0.2) is 17.1 Å². The Morgan fingerprint density at radius 1 is 1.57 bits per heavy atom. The quantitative estimate of drug-likeness (QED) is 0.633. The molecule has 8 heteroatoms. The maximum atomic E-state index is 12.2. The molecule has 0 bridgehead atoms. The molecule has 1 aliphatic heterocycles. The van der Waals surface area contributed by atoms with E-state index in [1.807, 2.05) is 18.7 Å². The van der Waals surface area contributed by atoms with Crippen LogP contribution >= 0.6 is 0 Å². The molecule has 1 saturated heterocycles. The number of rotatable bonds is 5. The molecule has 0 amide bonds. The predicted molar refractivity (Wildman–Crippen MR) is 76.4 cm³/mol. The zero-order valence-electron chi connectivity index (χ0n) is 12.3. The summed E-state index contributed by atoms with van der Waals surface area (Å²) >= 11 is 0. The fourth-order valence-electron chi connectivity index (χ4n) is 2.84. The molecule has 0 spiro atoms. The van der Waals surface area contributed by atoms with Crippen LogP contribution in [0, 0.1) is 0 Å².